The van der Waals surface area contributed by atoms with Crippen molar-refractivity contribution >= 4 is 55.4 Å². The number of aryl methyl sites for hydroxylation is 2. The summed E-state index contributed by atoms with van der Waals surface area (Å²) < 4.78 is 2.43. The molecule has 0 saturated heterocycles. The topological polar surface area (TPSA) is 76.0 Å². The normalized spacial score (nSPS) is 17.5. The quantitative estimate of drug-likeness (QED) is 0.562. The van der Waals surface area contributed by atoms with Crippen molar-refractivity contribution in [3.8, 4) is 0 Å². The number of alkyl halides is 1. The number of halogens is 2. The van der Waals surface area contributed by atoms with Crippen LogP contribution in [0.5, 0.6) is 0 Å². The lowest BCUT2D eigenvalue weighted by Gasteiger charge is -2.09. The van der Waals surface area contributed by atoms with E-state index >= 15 is 0 Å². The number of thioether (sulfide) groups is 1. The molecule has 9 heteroatoms. The Hall–Kier alpha value is -0.800. The van der Waals surface area contributed by atoms with Crippen molar-refractivity contribution in [1.29, 1.82) is 0 Å². The summed E-state index contributed by atoms with van der Waals surface area (Å²) in [6, 6.07) is 0. The van der Waals surface area contributed by atoms with Gasteiger partial charge in [0.15, 0.2) is 0 Å². The summed E-state index contributed by atoms with van der Waals surface area (Å²) >= 11 is 8.19. The molecule has 0 fully saturated rings. The van der Waals surface area contributed by atoms with Crippen LogP contribution >= 0.6 is 43.6 Å². The van der Waals surface area contributed by atoms with E-state index in [0.29, 0.717) is 21.6 Å². The molecule has 2 heterocycles. The van der Waals surface area contributed by atoms with Gasteiger partial charge in [-0.3, -0.25) is 25.1 Å². The highest BCUT2D eigenvalue weighted by atomic mass is 79.9. The van der Waals surface area contributed by atoms with Crippen LogP contribution in [0, 0.1) is 6.92 Å². The van der Waals surface area contributed by atoms with E-state index in [1.54, 1.807) is 4.68 Å². The van der Waals surface area contributed by atoms with Gasteiger partial charge in [-0.05, 0) is 36.2 Å². The first-order valence-corrected chi connectivity index (χ1v) is 8.87. The Kier molecular flexibility index (Phi) is 5.50. The number of amides is 2. The smallest absolute Gasteiger partial charge is 0.267 e. The van der Waals surface area contributed by atoms with E-state index in [0.717, 1.165) is 12.1 Å². The van der Waals surface area contributed by atoms with E-state index in [1.165, 1.54) is 11.8 Å². The van der Waals surface area contributed by atoms with Crippen molar-refractivity contribution in [2.24, 2.45) is 0 Å². The van der Waals surface area contributed by atoms with E-state index in [1.807, 2.05) is 19.9 Å². The molecular formula is C12H14Br2N4O2S. The van der Waals surface area contributed by atoms with E-state index < -0.39 is 5.91 Å². The zero-order valence-corrected chi connectivity index (χ0v) is 15.4. The summed E-state index contributed by atoms with van der Waals surface area (Å²) in [4.78, 5) is 24.7. The van der Waals surface area contributed by atoms with Crippen molar-refractivity contribution in [3.63, 3.8) is 0 Å². The van der Waals surface area contributed by atoms with Crippen LogP contribution in [0.2, 0.25) is 0 Å². The predicted molar refractivity (Wildman–Crippen MR) is 89.0 cm³/mol. The van der Waals surface area contributed by atoms with E-state index in [9.17, 15) is 9.59 Å². The summed E-state index contributed by atoms with van der Waals surface area (Å²) in [5.74, 6) is -0.720. The molecule has 0 aliphatic carbocycles. The molecule has 0 radical (unpaired) electrons. The lowest BCUT2D eigenvalue weighted by atomic mass is 10.3. The van der Waals surface area contributed by atoms with Gasteiger partial charge in [0.2, 0.25) is 0 Å². The van der Waals surface area contributed by atoms with Crippen molar-refractivity contribution in [3.05, 3.63) is 26.8 Å². The Morgan fingerprint density at radius 1 is 1.48 bits per heavy atom. The minimum absolute atomic E-state index is 0.215. The van der Waals surface area contributed by atoms with Crippen molar-refractivity contribution in [1.82, 2.24) is 20.6 Å². The zero-order valence-electron chi connectivity index (χ0n) is 11.4. The van der Waals surface area contributed by atoms with Gasteiger partial charge in [-0.1, -0.05) is 22.0 Å². The Morgan fingerprint density at radius 3 is 2.71 bits per heavy atom. The van der Waals surface area contributed by atoms with Crippen molar-refractivity contribution in [2.45, 2.75) is 31.0 Å². The van der Waals surface area contributed by atoms with E-state index in [2.05, 4.69) is 47.8 Å². The number of rotatable bonds is 3. The van der Waals surface area contributed by atoms with Crippen LogP contribution in [-0.2, 0) is 11.3 Å². The number of hydrazine groups is 1. The second-order valence-corrected chi connectivity index (χ2v) is 8.05. The average Bonchev–Trinajstić information content (AvgIpc) is 3.00. The molecule has 114 valence electrons. The number of carbonyl (C=O) groups excluding carboxylic acids is 2. The summed E-state index contributed by atoms with van der Waals surface area (Å²) in [6.45, 7) is 4.27. The highest BCUT2D eigenvalue weighted by molar-refractivity contribution is 9.11. The molecular weight excluding hydrogens is 424 g/mol. The average molecular weight is 438 g/mol. The molecule has 2 N–H and O–H groups in total. The predicted octanol–water partition coefficient (Wildman–Crippen LogP) is 2.48. The maximum atomic E-state index is 12.2. The monoisotopic (exact) mass is 436 g/mol. The number of hydrogen-bond donors (Lipinski definition) is 2. The highest BCUT2D eigenvalue weighted by Crippen LogP contribution is 2.35. The molecule has 1 aromatic heterocycles. The minimum Gasteiger partial charge on any atom is -0.267 e. The fourth-order valence-electron chi connectivity index (χ4n) is 1.82. The third-order valence-electron chi connectivity index (χ3n) is 2.83. The molecule has 1 aliphatic rings. The second-order valence-electron chi connectivity index (χ2n) is 4.30. The summed E-state index contributed by atoms with van der Waals surface area (Å²) in [6.07, 6.45) is 2.62. The molecule has 2 amide bonds. The van der Waals surface area contributed by atoms with Crippen LogP contribution in [0.1, 0.15) is 29.5 Å². The first kappa shape index (κ1) is 16.6. The third kappa shape index (κ3) is 3.70. The van der Waals surface area contributed by atoms with Crippen LogP contribution < -0.4 is 10.9 Å². The Labute approximate surface area is 143 Å². The molecule has 1 atom stereocenters. The fraction of sp³-hybridized carbons (Fsp3) is 0.417. The number of nitrogens with one attached hydrogen (secondary N) is 2. The molecule has 6 nitrogen and oxygen atoms in total. The molecule has 1 unspecified atom stereocenters. The molecule has 0 bridgehead atoms. The molecule has 2 rings (SSSR count). The molecule has 0 saturated carbocycles. The molecule has 1 aromatic rings. The van der Waals surface area contributed by atoms with Gasteiger partial charge in [-0.25, -0.2) is 0 Å². The highest BCUT2D eigenvalue weighted by Gasteiger charge is 2.23. The summed E-state index contributed by atoms with van der Waals surface area (Å²) in [5.41, 5.74) is 5.96. The van der Waals surface area contributed by atoms with Gasteiger partial charge in [0, 0.05) is 6.54 Å². The van der Waals surface area contributed by atoms with Gasteiger partial charge in [-0.15, -0.1) is 11.8 Å². The van der Waals surface area contributed by atoms with Gasteiger partial charge < -0.3 is 0 Å². The van der Waals surface area contributed by atoms with E-state index in [-0.39, 0.29) is 10.1 Å². The van der Waals surface area contributed by atoms with Crippen LogP contribution in [0.15, 0.2) is 15.5 Å². The minimum atomic E-state index is -0.406. The van der Waals surface area contributed by atoms with Gasteiger partial charge in [-0.2, -0.15) is 5.10 Å². The molecule has 0 spiro atoms. The largest absolute Gasteiger partial charge is 0.289 e. The van der Waals surface area contributed by atoms with Crippen LogP contribution in [0.3, 0.4) is 0 Å². The number of nitrogens with zero attached hydrogens (tertiary/aromatic N) is 2. The van der Waals surface area contributed by atoms with E-state index in [4.69, 9.17) is 0 Å². The number of carbonyl (C=O) groups is 2. The lowest BCUT2D eigenvalue weighted by Crippen LogP contribution is -2.42. The third-order valence-corrected chi connectivity index (χ3v) is 5.76. The first-order chi connectivity index (χ1) is 9.93. The Bertz CT molecular complexity index is 615. The van der Waals surface area contributed by atoms with Gasteiger partial charge in [0.05, 0.1) is 19.2 Å². The second kappa shape index (κ2) is 6.97. The maximum Gasteiger partial charge on any atom is 0.289 e. The standard InChI is InChI=1S/C12H14Br2N4O2S/c1-3-18-10(9(14)6(2)17-18)12(20)16-15-11(19)7-4-5-8(13)21-7/h4,8H,3,5H2,1-2H3,(H,15,19)(H,16,20). The molecule has 21 heavy (non-hydrogen) atoms. The maximum absolute atomic E-state index is 12.2. The van der Waals surface area contributed by atoms with Crippen molar-refractivity contribution in [2.75, 3.05) is 0 Å². The van der Waals surface area contributed by atoms with Crippen molar-refractivity contribution < 1.29 is 9.59 Å². The number of hydrogen-bond acceptors (Lipinski definition) is 4. The fourth-order valence-corrected chi connectivity index (χ4v) is 3.89. The number of aromatic nitrogens is 2. The van der Waals surface area contributed by atoms with Crippen LogP contribution in [-0.4, -0.2) is 25.8 Å². The Balaban J connectivity index is 2.01. The lowest BCUT2D eigenvalue weighted by molar-refractivity contribution is -0.117. The zero-order chi connectivity index (χ0) is 15.6. The summed E-state index contributed by atoms with van der Waals surface area (Å²) in [7, 11) is 0. The van der Waals surface area contributed by atoms with Crippen LogP contribution in [0.25, 0.3) is 0 Å². The SMILES string of the molecule is CCn1nc(C)c(Br)c1C(=O)NNC(=O)C1=CCC(Br)S1. The van der Waals surface area contributed by atoms with Gasteiger partial charge >= 0.3 is 0 Å². The Morgan fingerprint density at radius 2 is 2.14 bits per heavy atom. The van der Waals surface area contributed by atoms with Gasteiger partial charge in [0.1, 0.15) is 5.69 Å². The van der Waals surface area contributed by atoms with Crippen LogP contribution in [0.4, 0.5) is 0 Å². The number of allylic oxidation sites excluding steroid dienone is 1. The summed E-state index contributed by atoms with van der Waals surface area (Å²) in [5, 5.41) is 4.24. The molecule has 1 aliphatic heterocycles. The van der Waals surface area contributed by atoms with Gasteiger partial charge in [0.25, 0.3) is 11.8 Å². The molecule has 0 aromatic carbocycles. The first-order valence-electron chi connectivity index (χ1n) is 6.28.